The molecule has 1 saturated heterocycles. The zero-order valence-electron chi connectivity index (χ0n) is 17.5. The van der Waals surface area contributed by atoms with E-state index in [1.165, 1.54) is 24.9 Å². The molecule has 1 aliphatic rings. The van der Waals surface area contributed by atoms with Crippen LogP contribution in [0.2, 0.25) is 5.02 Å². The highest BCUT2D eigenvalue weighted by molar-refractivity contribution is 6.33. The lowest BCUT2D eigenvalue weighted by Gasteiger charge is -2.37. The summed E-state index contributed by atoms with van der Waals surface area (Å²) in [5.74, 6) is 0.984. The second-order valence-corrected chi connectivity index (χ2v) is 8.01. The Morgan fingerprint density at radius 3 is 2.28 bits per heavy atom. The molecule has 5 heteroatoms. The Bertz CT molecular complexity index is 799. The Morgan fingerprint density at radius 2 is 1.66 bits per heavy atom. The third-order valence-electron chi connectivity index (χ3n) is 5.44. The van der Waals surface area contributed by atoms with Crippen LogP contribution in [0, 0.1) is 0 Å². The zero-order chi connectivity index (χ0) is 20.6. The number of nitrogens with zero attached hydrogens (tertiary/aromatic N) is 2. The molecular formula is C24H31ClN2O2. The molecule has 29 heavy (non-hydrogen) atoms. The smallest absolute Gasteiger partial charge is 0.159 e. The van der Waals surface area contributed by atoms with Crippen molar-refractivity contribution in [2.24, 2.45) is 0 Å². The first-order chi connectivity index (χ1) is 14.1. The number of hydrogen-bond acceptors (Lipinski definition) is 4. The number of unbranched alkanes of at least 4 members (excludes halogenated alkanes) is 3. The number of halogens is 1. The van der Waals surface area contributed by atoms with Gasteiger partial charge in [-0.05, 0) is 55.8 Å². The maximum Gasteiger partial charge on any atom is 0.159 e. The van der Waals surface area contributed by atoms with E-state index in [1.54, 1.807) is 13.0 Å². The average Bonchev–Trinajstić information content (AvgIpc) is 2.74. The standard InChI is InChI=1S/C24H31ClN2O2/c1-3-4-5-6-17-29-22-10-8-21(9-11-22)26-13-15-27(16-14-26)24-12-7-20(19(2)28)18-23(24)25/h7-12,18H,3-6,13-17H2,1-2H3. The summed E-state index contributed by atoms with van der Waals surface area (Å²) in [6, 6.07) is 14.0. The predicted molar refractivity (Wildman–Crippen MR) is 122 cm³/mol. The number of carbonyl (C=O) groups is 1. The molecule has 1 heterocycles. The molecule has 0 unspecified atom stereocenters. The third kappa shape index (κ3) is 5.89. The van der Waals surface area contributed by atoms with E-state index in [9.17, 15) is 4.79 Å². The van der Waals surface area contributed by atoms with Crippen LogP contribution in [0.5, 0.6) is 5.75 Å². The molecule has 2 aromatic rings. The van der Waals surface area contributed by atoms with Crippen LogP contribution in [0.4, 0.5) is 11.4 Å². The van der Waals surface area contributed by atoms with Crippen LogP contribution in [0.3, 0.4) is 0 Å². The Kier molecular flexibility index (Phi) is 7.82. The first-order valence-electron chi connectivity index (χ1n) is 10.6. The van der Waals surface area contributed by atoms with E-state index >= 15 is 0 Å². The molecule has 2 aromatic carbocycles. The van der Waals surface area contributed by atoms with Crippen LogP contribution in [0.1, 0.15) is 49.9 Å². The lowest BCUT2D eigenvalue weighted by molar-refractivity contribution is 0.101. The molecule has 3 rings (SSSR count). The second kappa shape index (κ2) is 10.5. The van der Waals surface area contributed by atoms with Crippen molar-refractivity contribution < 1.29 is 9.53 Å². The van der Waals surface area contributed by atoms with E-state index in [0.29, 0.717) is 10.6 Å². The van der Waals surface area contributed by atoms with Crippen LogP contribution in [0.25, 0.3) is 0 Å². The van der Waals surface area contributed by atoms with Gasteiger partial charge in [-0.3, -0.25) is 4.79 Å². The number of Topliss-reactive ketones (excluding diaryl/α,β-unsaturated/α-hetero) is 1. The van der Waals surface area contributed by atoms with Gasteiger partial charge in [0.05, 0.1) is 17.3 Å². The number of carbonyl (C=O) groups excluding carboxylic acids is 1. The first kappa shape index (κ1) is 21.5. The van der Waals surface area contributed by atoms with Crippen LogP contribution >= 0.6 is 11.6 Å². The topological polar surface area (TPSA) is 32.8 Å². The Morgan fingerprint density at radius 1 is 0.966 bits per heavy atom. The molecule has 0 aliphatic carbocycles. The van der Waals surface area contributed by atoms with Gasteiger partial charge >= 0.3 is 0 Å². The van der Waals surface area contributed by atoms with Crippen molar-refractivity contribution in [3.8, 4) is 5.75 Å². The van der Waals surface area contributed by atoms with Crippen LogP contribution in [-0.4, -0.2) is 38.6 Å². The summed E-state index contributed by atoms with van der Waals surface area (Å²) in [6.07, 6.45) is 4.88. The molecule has 1 fully saturated rings. The van der Waals surface area contributed by atoms with E-state index in [0.717, 1.165) is 50.6 Å². The Hall–Kier alpha value is -2.20. The van der Waals surface area contributed by atoms with Gasteiger partial charge in [-0.25, -0.2) is 0 Å². The van der Waals surface area contributed by atoms with E-state index in [1.807, 2.05) is 12.1 Å². The van der Waals surface area contributed by atoms with E-state index in [4.69, 9.17) is 16.3 Å². The fraction of sp³-hybridized carbons (Fsp3) is 0.458. The van der Waals surface area contributed by atoms with Crippen molar-refractivity contribution in [1.82, 2.24) is 0 Å². The Balaban J connectivity index is 1.51. The van der Waals surface area contributed by atoms with Gasteiger partial charge in [0.15, 0.2) is 5.78 Å². The summed E-state index contributed by atoms with van der Waals surface area (Å²) in [4.78, 5) is 16.2. The number of ether oxygens (including phenoxy) is 1. The summed E-state index contributed by atoms with van der Waals surface area (Å²) >= 11 is 6.43. The van der Waals surface area contributed by atoms with Crippen molar-refractivity contribution >= 4 is 28.8 Å². The molecule has 0 spiro atoms. The molecule has 0 amide bonds. The minimum Gasteiger partial charge on any atom is -0.494 e. The molecule has 1 aliphatic heterocycles. The molecule has 0 atom stereocenters. The van der Waals surface area contributed by atoms with Crippen molar-refractivity contribution in [2.75, 3.05) is 42.6 Å². The van der Waals surface area contributed by atoms with Crippen LogP contribution < -0.4 is 14.5 Å². The number of ketones is 1. The lowest BCUT2D eigenvalue weighted by atomic mass is 10.1. The fourth-order valence-corrected chi connectivity index (χ4v) is 3.96. The maximum absolute atomic E-state index is 11.5. The third-order valence-corrected chi connectivity index (χ3v) is 5.75. The quantitative estimate of drug-likeness (QED) is 0.382. The number of piperazine rings is 1. The average molecular weight is 415 g/mol. The molecule has 0 aromatic heterocycles. The zero-order valence-corrected chi connectivity index (χ0v) is 18.3. The number of rotatable bonds is 9. The van der Waals surface area contributed by atoms with Gasteiger partial charge in [0.1, 0.15) is 5.75 Å². The predicted octanol–water partition coefficient (Wildman–Crippen LogP) is 5.83. The van der Waals surface area contributed by atoms with Gasteiger partial charge in [-0.2, -0.15) is 0 Å². The molecule has 0 N–H and O–H groups in total. The van der Waals surface area contributed by atoms with Gasteiger partial charge in [-0.1, -0.05) is 37.8 Å². The summed E-state index contributed by atoms with van der Waals surface area (Å²) in [5, 5.41) is 0.645. The molecule has 0 bridgehead atoms. The molecule has 4 nitrogen and oxygen atoms in total. The summed E-state index contributed by atoms with van der Waals surface area (Å²) in [7, 11) is 0. The Labute approximate surface area is 179 Å². The van der Waals surface area contributed by atoms with Gasteiger partial charge in [0.25, 0.3) is 0 Å². The summed E-state index contributed by atoms with van der Waals surface area (Å²) in [6.45, 7) is 8.24. The second-order valence-electron chi connectivity index (χ2n) is 7.60. The summed E-state index contributed by atoms with van der Waals surface area (Å²) < 4.78 is 5.84. The van der Waals surface area contributed by atoms with Gasteiger partial charge in [0.2, 0.25) is 0 Å². The van der Waals surface area contributed by atoms with Crippen molar-refractivity contribution in [3.05, 3.63) is 53.1 Å². The number of hydrogen-bond donors (Lipinski definition) is 0. The van der Waals surface area contributed by atoms with Crippen molar-refractivity contribution in [3.63, 3.8) is 0 Å². The van der Waals surface area contributed by atoms with Crippen molar-refractivity contribution in [2.45, 2.75) is 39.5 Å². The van der Waals surface area contributed by atoms with Gasteiger partial charge in [0, 0.05) is 37.4 Å². The first-order valence-corrected chi connectivity index (χ1v) is 11.0. The highest BCUT2D eigenvalue weighted by atomic mass is 35.5. The maximum atomic E-state index is 11.5. The summed E-state index contributed by atoms with van der Waals surface area (Å²) in [5.41, 5.74) is 2.88. The monoisotopic (exact) mass is 414 g/mol. The molecular weight excluding hydrogens is 384 g/mol. The van der Waals surface area contributed by atoms with Gasteiger partial charge < -0.3 is 14.5 Å². The molecule has 0 saturated carbocycles. The minimum atomic E-state index is 0.0386. The van der Waals surface area contributed by atoms with Crippen LogP contribution in [0.15, 0.2) is 42.5 Å². The fourth-order valence-electron chi connectivity index (χ4n) is 3.66. The van der Waals surface area contributed by atoms with E-state index < -0.39 is 0 Å². The highest BCUT2D eigenvalue weighted by Crippen LogP contribution is 2.29. The van der Waals surface area contributed by atoms with Crippen LogP contribution in [-0.2, 0) is 0 Å². The minimum absolute atomic E-state index is 0.0386. The highest BCUT2D eigenvalue weighted by Gasteiger charge is 2.19. The number of benzene rings is 2. The SMILES string of the molecule is CCCCCCOc1ccc(N2CCN(c3ccc(C(C)=O)cc3Cl)CC2)cc1. The normalized spacial score (nSPS) is 14.2. The van der Waals surface area contributed by atoms with Crippen molar-refractivity contribution in [1.29, 1.82) is 0 Å². The van der Waals surface area contributed by atoms with E-state index in [-0.39, 0.29) is 5.78 Å². The molecule has 0 radical (unpaired) electrons. The molecule has 156 valence electrons. The van der Waals surface area contributed by atoms with Gasteiger partial charge in [-0.15, -0.1) is 0 Å². The van der Waals surface area contributed by atoms with E-state index in [2.05, 4.69) is 41.0 Å². The lowest BCUT2D eigenvalue weighted by Crippen LogP contribution is -2.46. The number of anilines is 2. The largest absolute Gasteiger partial charge is 0.494 e.